The summed E-state index contributed by atoms with van der Waals surface area (Å²) in [6.07, 6.45) is 2.56. The molecule has 1 fully saturated rings. The van der Waals surface area contributed by atoms with Crippen molar-refractivity contribution < 1.29 is 19.4 Å². The number of amides is 1. The highest BCUT2D eigenvalue weighted by molar-refractivity contribution is 5.97. The monoisotopic (exact) mass is 287 g/mol. The predicted molar refractivity (Wildman–Crippen MR) is 77.0 cm³/mol. The van der Waals surface area contributed by atoms with Gasteiger partial charge in [0.2, 0.25) is 5.91 Å². The minimum atomic E-state index is -0.993. The number of carboxylic acids is 1. The smallest absolute Gasteiger partial charge is 0.310 e. The van der Waals surface area contributed by atoms with E-state index in [-0.39, 0.29) is 5.91 Å². The summed E-state index contributed by atoms with van der Waals surface area (Å²) >= 11 is 0. The molecule has 21 heavy (non-hydrogen) atoms. The van der Waals surface area contributed by atoms with Crippen LogP contribution in [0.2, 0.25) is 0 Å². The first-order valence-electron chi connectivity index (χ1n) is 6.92. The van der Waals surface area contributed by atoms with Crippen molar-refractivity contribution in [2.45, 2.75) is 26.1 Å². The Morgan fingerprint density at radius 2 is 1.81 bits per heavy atom. The molecule has 0 radical (unpaired) electrons. The number of ether oxygens (including phenoxy) is 1. The van der Waals surface area contributed by atoms with Crippen LogP contribution in [0.5, 0.6) is 0 Å². The van der Waals surface area contributed by atoms with E-state index >= 15 is 0 Å². The van der Waals surface area contributed by atoms with E-state index in [0.29, 0.717) is 0 Å². The summed E-state index contributed by atoms with van der Waals surface area (Å²) in [5.41, 5.74) is 2.70. The molecule has 4 atom stereocenters. The molecule has 1 aromatic carbocycles. The van der Waals surface area contributed by atoms with E-state index in [0.717, 1.165) is 16.8 Å². The first-order chi connectivity index (χ1) is 9.97. The molecule has 5 heteroatoms. The summed E-state index contributed by atoms with van der Waals surface area (Å²) in [4.78, 5) is 23.9. The van der Waals surface area contributed by atoms with Crippen LogP contribution in [-0.2, 0) is 14.3 Å². The van der Waals surface area contributed by atoms with Crippen LogP contribution < -0.4 is 5.32 Å². The number of fused-ring (bicyclic) bond motifs is 2. The average Bonchev–Trinajstić information content (AvgIpc) is 3.03. The first-order valence-corrected chi connectivity index (χ1v) is 6.92. The SMILES string of the molecule is Cc1ccc(C)c(NC(=O)[C@@H]2[C@@H](C(=O)O)[C@@H]3C=C[C@H]2O3)c1. The lowest BCUT2D eigenvalue weighted by Crippen LogP contribution is -2.39. The summed E-state index contributed by atoms with van der Waals surface area (Å²) in [5.74, 6) is -2.79. The number of hydrogen-bond donors (Lipinski definition) is 2. The fourth-order valence-corrected chi connectivity index (χ4v) is 3.00. The normalized spacial score (nSPS) is 29.6. The maximum Gasteiger partial charge on any atom is 0.310 e. The van der Waals surface area contributed by atoms with Crippen LogP contribution in [0.3, 0.4) is 0 Å². The van der Waals surface area contributed by atoms with Crippen LogP contribution >= 0.6 is 0 Å². The van der Waals surface area contributed by atoms with Gasteiger partial charge in [-0.05, 0) is 31.0 Å². The molecule has 0 aliphatic carbocycles. The molecule has 0 aromatic heterocycles. The van der Waals surface area contributed by atoms with Crippen LogP contribution in [0.15, 0.2) is 30.4 Å². The number of anilines is 1. The highest BCUT2D eigenvalue weighted by atomic mass is 16.5. The van der Waals surface area contributed by atoms with Crippen molar-refractivity contribution in [2.75, 3.05) is 5.32 Å². The zero-order valence-corrected chi connectivity index (χ0v) is 11.9. The molecule has 0 unspecified atom stereocenters. The van der Waals surface area contributed by atoms with Crippen molar-refractivity contribution >= 4 is 17.6 Å². The van der Waals surface area contributed by atoms with Crippen molar-refractivity contribution in [3.63, 3.8) is 0 Å². The lowest BCUT2D eigenvalue weighted by atomic mass is 9.82. The van der Waals surface area contributed by atoms with Gasteiger partial charge >= 0.3 is 5.97 Å². The summed E-state index contributed by atoms with van der Waals surface area (Å²) in [7, 11) is 0. The van der Waals surface area contributed by atoms with Crippen molar-refractivity contribution in [3.8, 4) is 0 Å². The van der Waals surface area contributed by atoms with Gasteiger partial charge in [-0.1, -0.05) is 24.3 Å². The van der Waals surface area contributed by atoms with Crippen LogP contribution in [0.4, 0.5) is 5.69 Å². The highest BCUT2D eigenvalue weighted by Crippen LogP contribution is 2.40. The van der Waals surface area contributed by atoms with E-state index in [2.05, 4.69) is 5.32 Å². The van der Waals surface area contributed by atoms with Crippen molar-refractivity contribution in [1.82, 2.24) is 0 Å². The fraction of sp³-hybridized carbons (Fsp3) is 0.375. The number of carboxylic acid groups (broad SMARTS) is 1. The van der Waals surface area contributed by atoms with Crippen LogP contribution in [0.1, 0.15) is 11.1 Å². The van der Waals surface area contributed by atoms with Gasteiger partial charge in [0, 0.05) is 5.69 Å². The third kappa shape index (κ3) is 2.34. The summed E-state index contributed by atoms with van der Waals surface area (Å²) < 4.78 is 5.52. The van der Waals surface area contributed by atoms with E-state index < -0.39 is 30.0 Å². The van der Waals surface area contributed by atoms with Crippen LogP contribution in [0.25, 0.3) is 0 Å². The molecule has 2 aliphatic heterocycles. The van der Waals surface area contributed by atoms with Crippen molar-refractivity contribution in [1.29, 1.82) is 0 Å². The van der Waals surface area contributed by atoms with Gasteiger partial charge in [-0.15, -0.1) is 0 Å². The summed E-state index contributed by atoms with van der Waals surface area (Å²) in [6, 6.07) is 5.78. The third-order valence-corrected chi connectivity index (χ3v) is 4.14. The van der Waals surface area contributed by atoms with E-state index in [1.165, 1.54) is 0 Å². The number of aryl methyl sites for hydroxylation is 2. The second kappa shape index (κ2) is 5.00. The second-order valence-corrected chi connectivity index (χ2v) is 5.65. The lowest BCUT2D eigenvalue weighted by Gasteiger charge is -2.21. The zero-order valence-electron chi connectivity index (χ0n) is 11.9. The number of hydrogen-bond acceptors (Lipinski definition) is 3. The molecular formula is C16H17NO4. The van der Waals surface area contributed by atoms with E-state index in [1.54, 1.807) is 12.2 Å². The fourth-order valence-electron chi connectivity index (χ4n) is 3.00. The van der Waals surface area contributed by atoms with Gasteiger partial charge in [-0.3, -0.25) is 9.59 Å². The molecule has 2 heterocycles. The van der Waals surface area contributed by atoms with Crippen molar-refractivity contribution in [3.05, 3.63) is 41.5 Å². The Morgan fingerprint density at radius 3 is 2.48 bits per heavy atom. The summed E-state index contributed by atoms with van der Waals surface area (Å²) in [6.45, 7) is 3.85. The van der Waals surface area contributed by atoms with Gasteiger partial charge in [0.25, 0.3) is 0 Å². The Kier molecular flexibility index (Phi) is 3.29. The van der Waals surface area contributed by atoms with Gasteiger partial charge < -0.3 is 15.2 Å². The molecule has 1 amide bonds. The average molecular weight is 287 g/mol. The van der Waals surface area contributed by atoms with Gasteiger partial charge in [0.1, 0.15) is 5.92 Å². The quantitative estimate of drug-likeness (QED) is 0.833. The molecule has 1 aromatic rings. The number of benzene rings is 1. The summed E-state index contributed by atoms with van der Waals surface area (Å²) in [5, 5.41) is 12.2. The molecule has 1 saturated heterocycles. The third-order valence-electron chi connectivity index (χ3n) is 4.14. The predicted octanol–water partition coefficient (Wildman–Crippen LogP) is 1.90. The van der Waals surface area contributed by atoms with E-state index in [4.69, 9.17) is 4.74 Å². The lowest BCUT2D eigenvalue weighted by molar-refractivity contribution is -0.145. The van der Waals surface area contributed by atoms with Crippen LogP contribution in [-0.4, -0.2) is 29.2 Å². The van der Waals surface area contributed by atoms with Gasteiger partial charge in [0.05, 0.1) is 18.1 Å². The molecular weight excluding hydrogens is 270 g/mol. The number of carbonyl (C=O) groups excluding carboxylic acids is 1. The molecule has 0 spiro atoms. The zero-order chi connectivity index (χ0) is 15.1. The Hall–Kier alpha value is -2.14. The number of carbonyl (C=O) groups is 2. The minimum absolute atomic E-state index is 0.298. The molecule has 2 N–H and O–H groups in total. The first kappa shape index (κ1) is 13.8. The Morgan fingerprint density at radius 1 is 1.14 bits per heavy atom. The van der Waals surface area contributed by atoms with Gasteiger partial charge in [-0.25, -0.2) is 0 Å². The topological polar surface area (TPSA) is 75.6 Å². The number of nitrogens with one attached hydrogen (secondary N) is 1. The van der Waals surface area contributed by atoms with E-state index in [9.17, 15) is 14.7 Å². The maximum absolute atomic E-state index is 12.5. The molecule has 0 saturated carbocycles. The van der Waals surface area contributed by atoms with Gasteiger partial charge in [0.15, 0.2) is 0 Å². The Balaban J connectivity index is 1.83. The number of rotatable bonds is 3. The molecule has 5 nitrogen and oxygen atoms in total. The molecule has 2 aliphatic rings. The second-order valence-electron chi connectivity index (χ2n) is 5.65. The largest absolute Gasteiger partial charge is 0.481 e. The molecule has 2 bridgehead atoms. The molecule has 3 rings (SSSR count). The van der Waals surface area contributed by atoms with Gasteiger partial charge in [-0.2, -0.15) is 0 Å². The van der Waals surface area contributed by atoms with Crippen molar-refractivity contribution in [2.24, 2.45) is 11.8 Å². The number of aliphatic carboxylic acids is 1. The standard InChI is InChI=1S/C16H17NO4/c1-8-3-4-9(2)10(7-8)17-15(18)13-11-5-6-12(21-11)14(13)16(19)20/h3-7,11-14H,1-2H3,(H,17,18)(H,19,20)/t11-,12+,13+,14+/m1/s1. The minimum Gasteiger partial charge on any atom is -0.481 e. The Bertz CT molecular complexity index is 637. The maximum atomic E-state index is 12.5. The Labute approximate surface area is 122 Å². The highest BCUT2D eigenvalue weighted by Gasteiger charge is 2.53. The van der Waals surface area contributed by atoms with Crippen LogP contribution in [0, 0.1) is 25.7 Å². The molecule has 110 valence electrons. The van der Waals surface area contributed by atoms with E-state index in [1.807, 2.05) is 32.0 Å².